The third kappa shape index (κ3) is 4.06. The molecule has 0 saturated heterocycles. The standard InChI is InChI=1S/C20H28N4O3.ClH/c1-5-26-15-12-20(21,19(15,3)4)18(25)22-13(2)17-23-16(24-27-17)11-14-9-7-6-8-10-14;/h6-10,13,15H,5,11-12,21H2,1-4H3,(H,22,25);1H. The molecular formula is C20H29ClN4O3. The Morgan fingerprint density at radius 3 is 2.68 bits per heavy atom. The van der Waals surface area contributed by atoms with Crippen LogP contribution in [0, 0.1) is 5.41 Å². The number of hydrogen-bond acceptors (Lipinski definition) is 6. The predicted molar refractivity (Wildman–Crippen MR) is 108 cm³/mol. The van der Waals surface area contributed by atoms with Gasteiger partial charge in [-0.25, -0.2) is 0 Å². The molecule has 0 spiro atoms. The van der Waals surface area contributed by atoms with E-state index in [4.69, 9.17) is 15.0 Å². The zero-order valence-corrected chi connectivity index (χ0v) is 17.6. The molecule has 0 radical (unpaired) electrons. The highest BCUT2D eigenvalue weighted by Gasteiger charge is 2.63. The van der Waals surface area contributed by atoms with E-state index in [1.807, 2.05) is 58.0 Å². The molecule has 0 aliphatic heterocycles. The molecule has 28 heavy (non-hydrogen) atoms. The number of carbonyl (C=O) groups excluding carboxylic acids is 1. The van der Waals surface area contributed by atoms with Crippen LogP contribution in [0.25, 0.3) is 0 Å². The number of nitrogens with one attached hydrogen (secondary N) is 1. The quantitative estimate of drug-likeness (QED) is 0.730. The maximum atomic E-state index is 12.8. The van der Waals surface area contributed by atoms with Crippen LogP contribution in [0.5, 0.6) is 0 Å². The topological polar surface area (TPSA) is 103 Å². The minimum absolute atomic E-state index is 0. The van der Waals surface area contributed by atoms with E-state index in [1.165, 1.54) is 0 Å². The molecule has 1 saturated carbocycles. The van der Waals surface area contributed by atoms with Gasteiger partial charge in [0.15, 0.2) is 5.82 Å². The number of nitrogens with two attached hydrogens (primary N) is 1. The zero-order valence-electron chi connectivity index (χ0n) is 16.8. The van der Waals surface area contributed by atoms with E-state index in [-0.39, 0.29) is 24.4 Å². The van der Waals surface area contributed by atoms with Gasteiger partial charge in [0.25, 0.3) is 0 Å². The molecular weight excluding hydrogens is 380 g/mol. The van der Waals surface area contributed by atoms with Gasteiger partial charge in [-0.15, -0.1) is 12.4 Å². The summed E-state index contributed by atoms with van der Waals surface area (Å²) in [5, 5.41) is 6.93. The SMILES string of the molecule is CCOC1CC(N)(C(=O)NC(C)c2nc(Cc3ccccc3)no2)C1(C)C.Cl. The second kappa shape index (κ2) is 8.59. The van der Waals surface area contributed by atoms with Gasteiger partial charge >= 0.3 is 0 Å². The van der Waals surface area contributed by atoms with E-state index in [9.17, 15) is 4.79 Å². The Kier molecular flexibility index (Phi) is 6.85. The summed E-state index contributed by atoms with van der Waals surface area (Å²) in [6.45, 7) is 8.29. The summed E-state index contributed by atoms with van der Waals surface area (Å²) in [5.74, 6) is 0.732. The number of ether oxygens (including phenoxy) is 1. The van der Waals surface area contributed by atoms with Gasteiger partial charge in [-0.1, -0.05) is 49.3 Å². The van der Waals surface area contributed by atoms with Crippen LogP contribution in [0.1, 0.15) is 57.4 Å². The predicted octanol–water partition coefficient (Wildman–Crippen LogP) is 2.79. The van der Waals surface area contributed by atoms with E-state index >= 15 is 0 Å². The van der Waals surface area contributed by atoms with Crippen LogP contribution < -0.4 is 11.1 Å². The van der Waals surface area contributed by atoms with Crippen molar-refractivity contribution in [2.75, 3.05) is 6.61 Å². The summed E-state index contributed by atoms with van der Waals surface area (Å²) in [6.07, 6.45) is 1.05. The van der Waals surface area contributed by atoms with Gasteiger partial charge in [-0.2, -0.15) is 4.98 Å². The third-order valence-electron chi connectivity index (χ3n) is 5.64. The normalized spacial score (nSPS) is 24.0. The molecule has 1 fully saturated rings. The number of carbonyl (C=O) groups is 1. The molecule has 2 aromatic rings. The first-order chi connectivity index (χ1) is 12.8. The van der Waals surface area contributed by atoms with Gasteiger partial charge in [0.1, 0.15) is 11.6 Å². The minimum Gasteiger partial charge on any atom is -0.378 e. The molecule has 1 amide bonds. The molecule has 1 aliphatic carbocycles. The summed E-state index contributed by atoms with van der Waals surface area (Å²) in [5.41, 5.74) is 6.10. The average Bonchev–Trinajstić information content (AvgIpc) is 3.10. The van der Waals surface area contributed by atoms with Crippen molar-refractivity contribution in [1.29, 1.82) is 0 Å². The lowest BCUT2D eigenvalue weighted by molar-refractivity contribution is -0.171. The van der Waals surface area contributed by atoms with Gasteiger partial charge in [0.2, 0.25) is 11.8 Å². The van der Waals surface area contributed by atoms with Gasteiger partial charge in [0.05, 0.1) is 6.10 Å². The number of aromatic nitrogens is 2. The van der Waals surface area contributed by atoms with Crippen LogP contribution in [-0.4, -0.2) is 34.3 Å². The molecule has 3 N–H and O–H groups in total. The van der Waals surface area contributed by atoms with Crippen LogP contribution in [-0.2, 0) is 16.0 Å². The van der Waals surface area contributed by atoms with E-state index < -0.39 is 17.0 Å². The molecule has 0 bridgehead atoms. The van der Waals surface area contributed by atoms with Gasteiger partial charge in [-0.3, -0.25) is 4.79 Å². The van der Waals surface area contributed by atoms with Crippen molar-refractivity contribution in [2.45, 2.75) is 58.2 Å². The Balaban J connectivity index is 0.00000280. The van der Waals surface area contributed by atoms with Crippen LogP contribution in [0.4, 0.5) is 0 Å². The molecule has 154 valence electrons. The molecule has 8 heteroatoms. The number of rotatable bonds is 7. The van der Waals surface area contributed by atoms with Crippen molar-refractivity contribution >= 4 is 18.3 Å². The lowest BCUT2D eigenvalue weighted by Gasteiger charge is -2.57. The van der Waals surface area contributed by atoms with E-state index in [2.05, 4.69) is 15.5 Å². The van der Waals surface area contributed by atoms with Crippen LogP contribution in [0.2, 0.25) is 0 Å². The first-order valence-electron chi connectivity index (χ1n) is 9.35. The fourth-order valence-electron chi connectivity index (χ4n) is 3.50. The lowest BCUT2D eigenvalue weighted by atomic mass is 9.54. The molecule has 1 heterocycles. The minimum atomic E-state index is -0.978. The van der Waals surface area contributed by atoms with Crippen molar-refractivity contribution < 1.29 is 14.1 Å². The lowest BCUT2D eigenvalue weighted by Crippen LogP contribution is -2.75. The van der Waals surface area contributed by atoms with Crippen molar-refractivity contribution in [1.82, 2.24) is 15.5 Å². The monoisotopic (exact) mass is 408 g/mol. The summed E-state index contributed by atoms with van der Waals surface area (Å²) < 4.78 is 11.0. The van der Waals surface area contributed by atoms with Gasteiger partial charge in [-0.05, 0) is 19.4 Å². The maximum absolute atomic E-state index is 12.8. The first kappa shape index (κ1) is 22.3. The number of benzene rings is 1. The van der Waals surface area contributed by atoms with Crippen molar-refractivity contribution in [2.24, 2.45) is 11.1 Å². The molecule has 1 aliphatic rings. The smallest absolute Gasteiger partial charge is 0.248 e. The Hall–Kier alpha value is -1.96. The van der Waals surface area contributed by atoms with Gasteiger partial charge < -0.3 is 20.3 Å². The first-order valence-corrected chi connectivity index (χ1v) is 9.35. The van der Waals surface area contributed by atoms with Gasteiger partial charge in [0, 0.05) is 24.9 Å². The molecule has 3 rings (SSSR count). The highest BCUT2D eigenvalue weighted by molar-refractivity contribution is 5.89. The molecule has 7 nitrogen and oxygen atoms in total. The number of hydrogen-bond donors (Lipinski definition) is 2. The number of amides is 1. The van der Waals surface area contributed by atoms with Crippen LogP contribution in [0.15, 0.2) is 34.9 Å². The summed E-state index contributed by atoms with van der Waals surface area (Å²) >= 11 is 0. The number of halogens is 1. The van der Waals surface area contributed by atoms with Crippen molar-refractivity contribution in [3.8, 4) is 0 Å². The molecule has 1 aromatic carbocycles. The highest BCUT2D eigenvalue weighted by Crippen LogP contribution is 2.50. The Morgan fingerprint density at radius 2 is 2.07 bits per heavy atom. The number of nitrogens with zero attached hydrogens (tertiary/aromatic N) is 2. The third-order valence-corrected chi connectivity index (χ3v) is 5.64. The van der Waals surface area contributed by atoms with E-state index in [0.29, 0.717) is 31.2 Å². The zero-order chi connectivity index (χ0) is 19.7. The van der Waals surface area contributed by atoms with Crippen LogP contribution in [0.3, 0.4) is 0 Å². The molecule has 3 atom stereocenters. The largest absolute Gasteiger partial charge is 0.378 e. The summed E-state index contributed by atoms with van der Waals surface area (Å²) in [7, 11) is 0. The summed E-state index contributed by atoms with van der Waals surface area (Å²) in [4.78, 5) is 17.2. The summed E-state index contributed by atoms with van der Waals surface area (Å²) in [6, 6.07) is 9.49. The second-order valence-corrected chi connectivity index (χ2v) is 7.75. The Morgan fingerprint density at radius 1 is 1.39 bits per heavy atom. The Labute approximate surface area is 171 Å². The fraction of sp³-hybridized carbons (Fsp3) is 0.550. The molecule has 3 unspecified atom stereocenters. The second-order valence-electron chi connectivity index (χ2n) is 7.75. The maximum Gasteiger partial charge on any atom is 0.248 e. The average molecular weight is 409 g/mol. The van der Waals surface area contributed by atoms with Crippen LogP contribution >= 0.6 is 12.4 Å². The van der Waals surface area contributed by atoms with Crippen molar-refractivity contribution in [3.05, 3.63) is 47.6 Å². The Bertz CT molecular complexity index is 796. The van der Waals surface area contributed by atoms with E-state index in [1.54, 1.807) is 0 Å². The fourth-order valence-corrected chi connectivity index (χ4v) is 3.50. The van der Waals surface area contributed by atoms with E-state index in [0.717, 1.165) is 5.56 Å². The van der Waals surface area contributed by atoms with Crippen molar-refractivity contribution in [3.63, 3.8) is 0 Å². The molecule has 1 aromatic heterocycles. The highest BCUT2D eigenvalue weighted by atomic mass is 35.5.